The van der Waals surface area contributed by atoms with Crippen molar-refractivity contribution >= 4 is 27.3 Å². The van der Waals surface area contributed by atoms with Crippen LogP contribution in [0.5, 0.6) is 0 Å². The summed E-state index contributed by atoms with van der Waals surface area (Å²) in [5, 5.41) is 3.22. The highest BCUT2D eigenvalue weighted by molar-refractivity contribution is 9.10. The minimum Gasteiger partial charge on any atom is -0.396 e. The molecule has 2 rings (SSSR count). The van der Waals surface area contributed by atoms with Crippen LogP contribution in [0.1, 0.15) is 11.5 Å². The number of aromatic nitrogens is 3. The summed E-state index contributed by atoms with van der Waals surface area (Å²) >= 11 is 3.40. The summed E-state index contributed by atoms with van der Waals surface area (Å²) in [6.45, 7) is 2.45. The van der Waals surface area contributed by atoms with Gasteiger partial charge in [-0.3, -0.25) is 4.98 Å². The lowest BCUT2D eigenvalue weighted by atomic mass is 10.3. The van der Waals surface area contributed by atoms with Crippen LogP contribution in [0.4, 0.5) is 11.4 Å². The second-order valence-corrected chi connectivity index (χ2v) is 4.39. The molecule has 0 radical (unpaired) electrons. The zero-order valence-corrected chi connectivity index (χ0v) is 10.9. The zero-order valence-electron chi connectivity index (χ0n) is 9.31. The summed E-state index contributed by atoms with van der Waals surface area (Å²) < 4.78 is 0.836. The molecule has 2 heterocycles. The number of hydrogen-bond donors (Lipinski definition) is 2. The smallest absolute Gasteiger partial charge is 0.125 e. The van der Waals surface area contributed by atoms with Gasteiger partial charge in [-0.25, -0.2) is 9.97 Å². The molecule has 3 N–H and O–H groups in total. The quantitative estimate of drug-likeness (QED) is 0.907. The summed E-state index contributed by atoms with van der Waals surface area (Å²) in [5.74, 6) is 0.756. The van der Waals surface area contributed by atoms with Crippen molar-refractivity contribution in [3.63, 3.8) is 0 Å². The lowest BCUT2D eigenvalue weighted by Crippen LogP contribution is -2.06. The Bertz CT molecular complexity index is 509. The van der Waals surface area contributed by atoms with Gasteiger partial charge in [0, 0.05) is 12.4 Å². The molecule has 2 aromatic heterocycles. The van der Waals surface area contributed by atoms with Gasteiger partial charge in [-0.1, -0.05) is 0 Å². The van der Waals surface area contributed by atoms with Crippen molar-refractivity contribution in [2.24, 2.45) is 0 Å². The van der Waals surface area contributed by atoms with Gasteiger partial charge in [0.25, 0.3) is 0 Å². The van der Waals surface area contributed by atoms with E-state index in [1.54, 1.807) is 18.6 Å². The van der Waals surface area contributed by atoms with Gasteiger partial charge in [0.2, 0.25) is 0 Å². The highest BCUT2D eigenvalue weighted by Crippen LogP contribution is 2.27. The van der Waals surface area contributed by atoms with E-state index in [4.69, 9.17) is 5.73 Å². The van der Waals surface area contributed by atoms with Gasteiger partial charge in [-0.2, -0.15) is 0 Å². The second-order valence-electron chi connectivity index (χ2n) is 3.53. The third kappa shape index (κ3) is 2.91. The summed E-state index contributed by atoms with van der Waals surface area (Å²) in [5.41, 5.74) is 8.18. The van der Waals surface area contributed by atoms with Gasteiger partial charge < -0.3 is 11.1 Å². The molecule has 0 aliphatic heterocycles. The maximum atomic E-state index is 5.83. The predicted octanol–water partition coefficient (Wildman–Crippen LogP) is 2.14. The van der Waals surface area contributed by atoms with E-state index in [0.29, 0.717) is 12.2 Å². The molecular formula is C11H12BrN5. The molecule has 0 bridgehead atoms. The number of pyridine rings is 1. The van der Waals surface area contributed by atoms with Crippen molar-refractivity contribution in [1.29, 1.82) is 0 Å². The third-order valence-corrected chi connectivity index (χ3v) is 2.81. The molecule has 88 valence electrons. The summed E-state index contributed by atoms with van der Waals surface area (Å²) in [7, 11) is 0. The minimum absolute atomic E-state index is 0.593. The Morgan fingerprint density at radius 3 is 2.94 bits per heavy atom. The van der Waals surface area contributed by atoms with E-state index in [0.717, 1.165) is 21.7 Å². The maximum absolute atomic E-state index is 5.83. The number of hydrogen-bond acceptors (Lipinski definition) is 5. The summed E-state index contributed by atoms with van der Waals surface area (Å²) in [6, 6.07) is 1.87. The van der Waals surface area contributed by atoms with Crippen LogP contribution in [0, 0.1) is 6.92 Å². The molecular weight excluding hydrogens is 282 g/mol. The van der Waals surface area contributed by atoms with Gasteiger partial charge in [0.15, 0.2) is 0 Å². The lowest BCUT2D eigenvalue weighted by molar-refractivity contribution is 0.954. The van der Waals surface area contributed by atoms with Crippen LogP contribution in [0.25, 0.3) is 0 Å². The molecule has 17 heavy (non-hydrogen) atoms. The number of nitrogens with zero attached hydrogens (tertiary/aromatic N) is 3. The average molecular weight is 294 g/mol. The molecule has 0 spiro atoms. The normalized spacial score (nSPS) is 10.2. The first-order chi connectivity index (χ1) is 8.16. The number of halogens is 1. The highest BCUT2D eigenvalue weighted by atomic mass is 79.9. The zero-order chi connectivity index (χ0) is 12.3. The average Bonchev–Trinajstić information content (AvgIpc) is 2.28. The Labute approximate surface area is 108 Å². The Morgan fingerprint density at radius 2 is 2.24 bits per heavy atom. The van der Waals surface area contributed by atoms with E-state index < -0.39 is 0 Å². The number of anilines is 2. The van der Waals surface area contributed by atoms with Crippen molar-refractivity contribution in [2.75, 3.05) is 11.1 Å². The fourth-order valence-electron chi connectivity index (χ4n) is 1.42. The van der Waals surface area contributed by atoms with Gasteiger partial charge in [-0.05, 0) is 28.9 Å². The largest absolute Gasteiger partial charge is 0.396 e. The van der Waals surface area contributed by atoms with Crippen LogP contribution in [0.2, 0.25) is 0 Å². The van der Waals surface area contributed by atoms with Gasteiger partial charge in [-0.15, -0.1) is 0 Å². The van der Waals surface area contributed by atoms with Crippen LogP contribution in [0.15, 0.2) is 29.1 Å². The number of nitrogens with two attached hydrogens (primary N) is 1. The molecule has 0 saturated carbocycles. The molecule has 0 fully saturated rings. The maximum Gasteiger partial charge on any atom is 0.125 e. The molecule has 0 atom stereocenters. The molecule has 0 amide bonds. The molecule has 2 aromatic rings. The van der Waals surface area contributed by atoms with Crippen LogP contribution in [0.3, 0.4) is 0 Å². The molecule has 0 aliphatic rings. The highest BCUT2D eigenvalue weighted by Gasteiger charge is 2.04. The Hall–Kier alpha value is -1.69. The van der Waals surface area contributed by atoms with Gasteiger partial charge in [0.05, 0.1) is 34.3 Å². The Morgan fingerprint density at radius 1 is 1.41 bits per heavy atom. The third-order valence-electron chi connectivity index (χ3n) is 2.21. The monoisotopic (exact) mass is 293 g/mol. The van der Waals surface area contributed by atoms with E-state index >= 15 is 0 Å². The van der Waals surface area contributed by atoms with Crippen molar-refractivity contribution in [2.45, 2.75) is 13.5 Å². The van der Waals surface area contributed by atoms with Crippen LogP contribution < -0.4 is 11.1 Å². The van der Waals surface area contributed by atoms with Crippen molar-refractivity contribution in [3.05, 3.63) is 40.6 Å². The number of rotatable bonds is 3. The predicted molar refractivity (Wildman–Crippen MR) is 70.4 cm³/mol. The lowest BCUT2D eigenvalue weighted by Gasteiger charge is -2.10. The Kier molecular flexibility index (Phi) is 3.53. The topological polar surface area (TPSA) is 76.7 Å². The Balaban J connectivity index is 2.13. The molecule has 0 aliphatic carbocycles. The second kappa shape index (κ2) is 5.09. The van der Waals surface area contributed by atoms with Crippen LogP contribution >= 0.6 is 15.9 Å². The molecule has 0 unspecified atom stereocenters. The van der Waals surface area contributed by atoms with Gasteiger partial charge >= 0.3 is 0 Å². The van der Waals surface area contributed by atoms with E-state index in [1.165, 1.54) is 0 Å². The molecule has 6 heteroatoms. The molecule has 0 aromatic carbocycles. The van der Waals surface area contributed by atoms with E-state index in [-0.39, 0.29) is 0 Å². The summed E-state index contributed by atoms with van der Waals surface area (Å²) in [4.78, 5) is 12.3. The standard InChI is InChI=1S/C11H12BrN5/c1-7-15-3-2-8(17-7)4-16-11-9(12)5-14-6-10(11)13/h2-3,5-6H,4,13H2,1H3,(H,14,16). The summed E-state index contributed by atoms with van der Waals surface area (Å²) in [6.07, 6.45) is 5.05. The van der Waals surface area contributed by atoms with E-state index in [1.807, 2.05) is 13.0 Å². The number of nitrogen functional groups attached to an aromatic ring is 1. The fourth-order valence-corrected chi connectivity index (χ4v) is 1.91. The van der Waals surface area contributed by atoms with Crippen LogP contribution in [-0.4, -0.2) is 15.0 Å². The van der Waals surface area contributed by atoms with Crippen molar-refractivity contribution in [1.82, 2.24) is 15.0 Å². The van der Waals surface area contributed by atoms with Crippen molar-refractivity contribution in [3.8, 4) is 0 Å². The van der Waals surface area contributed by atoms with E-state index in [2.05, 4.69) is 36.2 Å². The first kappa shape index (κ1) is 11.8. The van der Waals surface area contributed by atoms with Gasteiger partial charge in [0.1, 0.15) is 5.82 Å². The first-order valence-electron chi connectivity index (χ1n) is 5.08. The first-order valence-corrected chi connectivity index (χ1v) is 5.87. The molecule has 5 nitrogen and oxygen atoms in total. The number of aryl methyl sites for hydroxylation is 1. The van der Waals surface area contributed by atoms with Crippen molar-refractivity contribution < 1.29 is 0 Å². The SMILES string of the molecule is Cc1nccc(CNc2c(N)cncc2Br)n1. The number of nitrogens with one attached hydrogen (secondary N) is 1. The van der Waals surface area contributed by atoms with Crippen LogP contribution in [-0.2, 0) is 6.54 Å². The van der Waals surface area contributed by atoms with E-state index in [9.17, 15) is 0 Å². The molecule has 0 saturated heterocycles. The fraction of sp³-hybridized carbons (Fsp3) is 0.182. The minimum atomic E-state index is 0.593.